The normalized spacial score (nSPS) is 9.31. The standard InChI is InChI=1S/C9H8N2S.Se/c12-8-6-10-9(11-8)7-4-2-1-3-5-7;/h1-6,12H,(H,10,11);. The molecular weight excluding hydrogens is 247 g/mol. The summed E-state index contributed by atoms with van der Waals surface area (Å²) in [5.41, 5.74) is 1.08. The number of rotatable bonds is 1. The van der Waals surface area contributed by atoms with E-state index in [0.29, 0.717) is 0 Å². The van der Waals surface area contributed by atoms with E-state index in [1.165, 1.54) is 0 Å². The Balaban J connectivity index is 0.000000845. The summed E-state index contributed by atoms with van der Waals surface area (Å²) < 4.78 is 0. The fourth-order valence-corrected chi connectivity index (χ4v) is 1.22. The third-order valence-electron chi connectivity index (χ3n) is 1.61. The molecule has 0 atom stereocenters. The van der Waals surface area contributed by atoms with Crippen LogP contribution in [0, 0.1) is 0 Å². The molecule has 2 nitrogen and oxygen atoms in total. The molecule has 2 rings (SSSR count). The van der Waals surface area contributed by atoms with E-state index in [9.17, 15) is 0 Å². The van der Waals surface area contributed by atoms with Crippen LogP contribution in [0.1, 0.15) is 0 Å². The number of H-pyrrole nitrogens is 1. The van der Waals surface area contributed by atoms with Gasteiger partial charge >= 0.3 is 0 Å². The number of imidazole rings is 1. The Morgan fingerprint density at radius 2 is 1.85 bits per heavy atom. The van der Waals surface area contributed by atoms with Crippen molar-refractivity contribution in [3.63, 3.8) is 0 Å². The Hall–Kier alpha value is -0.701. The first kappa shape index (κ1) is 10.4. The van der Waals surface area contributed by atoms with Crippen LogP contribution >= 0.6 is 12.6 Å². The van der Waals surface area contributed by atoms with Gasteiger partial charge in [-0.1, -0.05) is 30.3 Å². The van der Waals surface area contributed by atoms with E-state index >= 15 is 0 Å². The summed E-state index contributed by atoms with van der Waals surface area (Å²) in [6.07, 6.45) is 1.70. The minimum atomic E-state index is 0. The molecule has 0 aliphatic heterocycles. The molecule has 0 aliphatic carbocycles. The summed E-state index contributed by atoms with van der Waals surface area (Å²) in [4.78, 5) is 7.20. The SMILES string of the molecule is Sc1cnc(-c2ccccc2)[nH]1.[Se]. The smallest absolute Gasteiger partial charge is 0.138 e. The molecule has 0 amide bonds. The minimum absolute atomic E-state index is 0. The van der Waals surface area contributed by atoms with Crippen molar-refractivity contribution in [2.24, 2.45) is 0 Å². The summed E-state index contributed by atoms with van der Waals surface area (Å²) in [6, 6.07) is 9.96. The van der Waals surface area contributed by atoms with Crippen LogP contribution in [0.15, 0.2) is 41.6 Å². The van der Waals surface area contributed by atoms with Crippen LogP contribution in [0.5, 0.6) is 0 Å². The quantitative estimate of drug-likeness (QED) is 0.592. The number of hydrogen-bond donors (Lipinski definition) is 2. The van der Waals surface area contributed by atoms with Crippen molar-refractivity contribution < 1.29 is 0 Å². The zero-order chi connectivity index (χ0) is 8.39. The second-order valence-corrected chi connectivity index (χ2v) is 2.96. The molecular formula is C9H8N2SSe. The molecule has 0 fully saturated rings. The molecule has 0 unspecified atom stereocenters. The number of nitrogens with one attached hydrogen (secondary N) is 1. The molecule has 0 bridgehead atoms. The Bertz CT molecular complexity index is 372. The van der Waals surface area contributed by atoms with E-state index in [1.54, 1.807) is 6.20 Å². The summed E-state index contributed by atoms with van der Waals surface area (Å²) >= 11 is 4.14. The molecule has 1 N–H and O–H groups in total. The van der Waals surface area contributed by atoms with Crippen LogP contribution in [0.3, 0.4) is 0 Å². The average molecular weight is 255 g/mol. The molecule has 2 radical (unpaired) electrons. The Morgan fingerprint density at radius 3 is 2.38 bits per heavy atom. The van der Waals surface area contributed by atoms with Crippen LogP contribution in [-0.2, 0) is 0 Å². The van der Waals surface area contributed by atoms with Crippen molar-refractivity contribution in [1.29, 1.82) is 0 Å². The molecule has 0 spiro atoms. The monoisotopic (exact) mass is 256 g/mol. The number of benzene rings is 1. The van der Waals surface area contributed by atoms with E-state index in [0.717, 1.165) is 16.4 Å². The molecule has 1 heterocycles. The molecule has 1 aromatic carbocycles. The van der Waals surface area contributed by atoms with Gasteiger partial charge in [-0.2, -0.15) is 0 Å². The van der Waals surface area contributed by atoms with Crippen LogP contribution in [0.4, 0.5) is 0 Å². The zero-order valence-corrected chi connectivity index (χ0v) is 9.37. The largest absolute Gasteiger partial charge is 0.333 e. The summed E-state index contributed by atoms with van der Waals surface area (Å²) in [7, 11) is 0. The maximum absolute atomic E-state index is 4.15. The van der Waals surface area contributed by atoms with Crippen molar-refractivity contribution in [3.8, 4) is 11.4 Å². The number of aromatic nitrogens is 2. The van der Waals surface area contributed by atoms with Crippen molar-refractivity contribution in [3.05, 3.63) is 36.5 Å². The molecule has 4 heteroatoms. The molecule has 66 valence electrons. The first-order valence-corrected chi connectivity index (χ1v) is 4.10. The molecule has 0 aliphatic rings. The second kappa shape index (κ2) is 4.51. The predicted octanol–water partition coefficient (Wildman–Crippen LogP) is 1.98. The summed E-state index contributed by atoms with van der Waals surface area (Å²) in [5.74, 6) is 0.862. The van der Waals surface area contributed by atoms with E-state index in [2.05, 4.69) is 22.6 Å². The second-order valence-electron chi connectivity index (χ2n) is 2.48. The third-order valence-corrected chi connectivity index (χ3v) is 1.84. The maximum Gasteiger partial charge on any atom is 0.138 e. The van der Waals surface area contributed by atoms with Crippen molar-refractivity contribution >= 4 is 29.7 Å². The van der Waals surface area contributed by atoms with E-state index in [-0.39, 0.29) is 17.1 Å². The number of thiol groups is 1. The van der Waals surface area contributed by atoms with Gasteiger partial charge < -0.3 is 4.98 Å². The zero-order valence-electron chi connectivity index (χ0n) is 6.77. The first-order valence-electron chi connectivity index (χ1n) is 3.65. The van der Waals surface area contributed by atoms with Gasteiger partial charge in [-0.05, 0) is 0 Å². The summed E-state index contributed by atoms with van der Waals surface area (Å²) in [6.45, 7) is 0. The van der Waals surface area contributed by atoms with Crippen molar-refractivity contribution in [1.82, 2.24) is 9.97 Å². The molecule has 1 aromatic heterocycles. The number of hydrogen-bond acceptors (Lipinski definition) is 2. The van der Waals surface area contributed by atoms with Gasteiger partial charge in [0, 0.05) is 22.6 Å². The molecule has 13 heavy (non-hydrogen) atoms. The van der Waals surface area contributed by atoms with E-state index in [1.807, 2.05) is 30.3 Å². The minimum Gasteiger partial charge on any atom is -0.333 e. The Morgan fingerprint density at radius 1 is 1.15 bits per heavy atom. The first-order chi connectivity index (χ1) is 5.86. The van der Waals surface area contributed by atoms with Gasteiger partial charge in [0.2, 0.25) is 0 Å². The predicted molar refractivity (Wildman–Crippen MR) is 57.0 cm³/mol. The van der Waals surface area contributed by atoms with Crippen molar-refractivity contribution in [2.75, 3.05) is 0 Å². The number of nitrogens with zero attached hydrogens (tertiary/aromatic N) is 1. The van der Waals surface area contributed by atoms with Gasteiger partial charge in [0.05, 0.1) is 11.2 Å². The molecule has 0 saturated carbocycles. The van der Waals surface area contributed by atoms with Gasteiger partial charge in [0.15, 0.2) is 0 Å². The van der Waals surface area contributed by atoms with E-state index in [4.69, 9.17) is 0 Å². The fourth-order valence-electron chi connectivity index (χ4n) is 1.05. The third kappa shape index (κ3) is 2.37. The van der Waals surface area contributed by atoms with Gasteiger partial charge in [-0.3, -0.25) is 0 Å². The van der Waals surface area contributed by atoms with Gasteiger partial charge in [-0.15, -0.1) is 12.6 Å². The van der Waals surface area contributed by atoms with E-state index < -0.39 is 0 Å². The summed E-state index contributed by atoms with van der Waals surface area (Å²) in [5, 5.41) is 0.786. The Kier molecular flexibility index (Phi) is 3.60. The van der Waals surface area contributed by atoms with Crippen LogP contribution in [0.2, 0.25) is 0 Å². The molecule has 0 saturated heterocycles. The van der Waals surface area contributed by atoms with Crippen LogP contribution in [-0.4, -0.2) is 27.0 Å². The van der Waals surface area contributed by atoms with Gasteiger partial charge in [0.1, 0.15) is 5.82 Å². The van der Waals surface area contributed by atoms with Crippen LogP contribution in [0.25, 0.3) is 11.4 Å². The van der Waals surface area contributed by atoms with Crippen LogP contribution < -0.4 is 0 Å². The van der Waals surface area contributed by atoms with Gasteiger partial charge in [-0.25, -0.2) is 4.98 Å². The fraction of sp³-hybridized carbons (Fsp3) is 0. The Labute approximate surface area is 92.7 Å². The maximum atomic E-state index is 4.15. The van der Waals surface area contributed by atoms with Gasteiger partial charge in [0.25, 0.3) is 0 Å². The number of aromatic amines is 1. The topological polar surface area (TPSA) is 28.7 Å². The van der Waals surface area contributed by atoms with Crippen molar-refractivity contribution in [2.45, 2.75) is 5.03 Å². The average Bonchev–Trinajstić information content (AvgIpc) is 2.54. The molecule has 2 aromatic rings.